The van der Waals surface area contributed by atoms with Crippen LogP contribution in [0.5, 0.6) is 0 Å². The summed E-state index contributed by atoms with van der Waals surface area (Å²) in [5.74, 6) is 0. The maximum absolute atomic E-state index is 11.9. The lowest BCUT2D eigenvalue weighted by Crippen LogP contribution is -2.21. The number of sulfone groups is 1. The Morgan fingerprint density at radius 2 is 1.94 bits per heavy atom. The molecule has 2 N–H and O–H groups in total. The highest BCUT2D eigenvalue weighted by molar-refractivity contribution is 7.95. The Hall–Kier alpha value is -1.13. The lowest BCUT2D eigenvalue weighted by molar-refractivity contribution is 0.605. The van der Waals surface area contributed by atoms with Gasteiger partial charge in [0.25, 0.3) is 0 Å². The van der Waals surface area contributed by atoms with Crippen molar-refractivity contribution in [2.24, 2.45) is 5.73 Å². The summed E-state index contributed by atoms with van der Waals surface area (Å²) >= 11 is 0. The van der Waals surface area contributed by atoms with E-state index in [9.17, 15) is 8.42 Å². The quantitative estimate of drug-likeness (QED) is 0.892. The first-order valence-electron chi connectivity index (χ1n) is 5.84. The van der Waals surface area contributed by atoms with E-state index in [-0.39, 0.29) is 5.54 Å². The molecular weight excluding hydrogens is 234 g/mol. The van der Waals surface area contributed by atoms with E-state index < -0.39 is 9.84 Å². The average Bonchev–Trinajstić information content (AvgIpc) is 2.97. The van der Waals surface area contributed by atoms with Crippen LogP contribution in [0.3, 0.4) is 0 Å². The Morgan fingerprint density at radius 1 is 1.24 bits per heavy atom. The molecule has 1 aliphatic heterocycles. The van der Waals surface area contributed by atoms with Crippen molar-refractivity contribution >= 4 is 15.4 Å². The SMILES string of the molecule is NC1(CCC2=CS(=O)(=O)c3ccccc32)CC1. The molecule has 0 radical (unpaired) electrons. The van der Waals surface area contributed by atoms with Gasteiger partial charge in [-0.05, 0) is 42.9 Å². The first-order chi connectivity index (χ1) is 8.00. The summed E-state index contributed by atoms with van der Waals surface area (Å²) in [4.78, 5) is 0.442. The molecule has 90 valence electrons. The minimum absolute atomic E-state index is 0.0257. The molecule has 0 bridgehead atoms. The van der Waals surface area contributed by atoms with E-state index in [0.717, 1.165) is 36.8 Å². The largest absolute Gasteiger partial charge is 0.325 e. The zero-order valence-electron chi connectivity index (χ0n) is 9.52. The Morgan fingerprint density at radius 3 is 2.65 bits per heavy atom. The van der Waals surface area contributed by atoms with Gasteiger partial charge in [-0.1, -0.05) is 18.2 Å². The lowest BCUT2D eigenvalue weighted by atomic mass is 9.99. The van der Waals surface area contributed by atoms with E-state index in [2.05, 4.69) is 0 Å². The fourth-order valence-corrected chi connectivity index (χ4v) is 3.80. The van der Waals surface area contributed by atoms with Crippen molar-refractivity contribution < 1.29 is 8.42 Å². The van der Waals surface area contributed by atoms with Crippen molar-refractivity contribution in [2.45, 2.75) is 36.1 Å². The van der Waals surface area contributed by atoms with Crippen LogP contribution in [-0.4, -0.2) is 14.0 Å². The second-order valence-corrected chi connectivity index (χ2v) is 6.81. The number of benzene rings is 1. The molecular formula is C13H15NO2S. The second-order valence-electron chi connectivity index (χ2n) is 5.05. The molecule has 3 rings (SSSR count). The Kier molecular flexibility index (Phi) is 2.22. The highest BCUT2D eigenvalue weighted by Gasteiger charge is 2.38. The Bertz CT molecular complexity index is 598. The van der Waals surface area contributed by atoms with Gasteiger partial charge in [-0.25, -0.2) is 8.42 Å². The van der Waals surface area contributed by atoms with E-state index in [0.29, 0.717) is 4.90 Å². The fraction of sp³-hybridized carbons (Fsp3) is 0.385. The molecule has 0 aromatic heterocycles. The summed E-state index contributed by atoms with van der Waals surface area (Å²) in [7, 11) is -3.20. The van der Waals surface area contributed by atoms with Crippen LogP contribution in [-0.2, 0) is 9.84 Å². The molecule has 0 spiro atoms. The molecule has 0 unspecified atom stereocenters. The van der Waals surface area contributed by atoms with Crippen LogP contribution in [0.25, 0.3) is 5.57 Å². The summed E-state index contributed by atoms with van der Waals surface area (Å²) in [6, 6.07) is 7.19. The molecule has 2 aliphatic rings. The first-order valence-corrected chi connectivity index (χ1v) is 7.39. The number of nitrogens with two attached hydrogens (primary N) is 1. The fourth-order valence-electron chi connectivity index (χ4n) is 2.28. The second kappa shape index (κ2) is 3.43. The number of hydrogen-bond acceptors (Lipinski definition) is 3. The maximum atomic E-state index is 11.9. The van der Waals surface area contributed by atoms with Crippen molar-refractivity contribution in [3.05, 3.63) is 35.2 Å². The van der Waals surface area contributed by atoms with Gasteiger partial charge in [0.2, 0.25) is 9.84 Å². The van der Waals surface area contributed by atoms with Crippen molar-refractivity contribution in [3.63, 3.8) is 0 Å². The normalized spacial score (nSPS) is 23.0. The topological polar surface area (TPSA) is 60.2 Å². The highest BCUT2D eigenvalue weighted by Crippen LogP contribution is 2.41. The molecule has 17 heavy (non-hydrogen) atoms. The summed E-state index contributed by atoms with van der Waals surface area (Å²) in [5.41, 5.74) is 7.78. The lowest BCUT2D eigenvalue weighted by Gasteiger charge is -2.09. The third-order valence-electron chi connectivity index (χ3n) is 3.62. The molecule has 0 atom stereocenters. The van der Waals surface area contributed by atoms with E-state index in [1.165, 1.54) is 5.41 Å². The van der Waals surface area contributed by atoms with Crippen molar-refractivity contribution in [1.82, 2.24) is 0 Å². The number of hydrogen-bond donors (Lipinski definition) is 1. The standard InChI is InChI=1S/C13H15NO2S/c14-13(7-8-13)6-5-10-9-17(15,16)12-4-2-1-3-11(10)12/h1-4,9H,5-8,14H2. The van der Waals surface area contributed by atoms with Gasteiger partial charge in [0.05, 0.1) is 4.90 Å². The summed E-state index contributed by atoms with van der Waals surface area (Å²) < 4.78 is 23.8. The van der Waals surface area contributed by atoms with Gasteiger partial charge in [0.1, 0.15) is 0 Å². The van der Waals surface area contributed by atoms with Crippen molar-refractivity contribution in [1.29, 1.82) is 0 Å². The molecule has 1 fully saturated rings. The van der Waals surface area contributed by atoms with Crippen LogP contribution in [0, 0.1) is 0 Å². The van der Waals surface area contributed by atoms with Crippen LogP contribution < -0.4 is 5.73 Å². The first kappa shape index (κ1) is 11.0. The molecule has 4 heteroatoms. The summed E-state index contributed by atoms with van der Waals surface area (Å²) in [6.07, 6.45) is 3.76. The smallest absolute Gasteiger partial charge is 0.200 e. The molecule has 3 nitrogen and oxygen atoms in total. The van der Waals surface area contributed by atoms with E-state index in [4.69, 9.17) is 5.73 Å². The molecule has 1 aliphatic carbocycles. The van der Waals surface area contributed by atoms with E-state index in [1.807, 2.05) is 12.1 Å². The van der Waals surface area contributed by atoms with Gasteiger partial charge in [-0.15, -0.1) is 0 Å². The van der Waals surface area contributed by atoms with E-state index >= 15 is 0 Å². The summed E-state index contributed by atoms with van der Waals surface area (Å²) in [5, 5.41) is 1.41. The Balaban J connectivity index is 1.91. The Labute approximate surface area is 101 Å². The number of fused-ring (bicyclic) bond motifs is 1. The van der Waals surface area contributed by atoms with Gasteiger partial charge in [0.15, 0.2) is 0 Å². The summed E-state index contributed by atoms with van der Waals surface area (Å²) in [6.45, 7) is 0. The molecule has 0 saturated heterocycles. The monoisotopic (exact) mass is 249 g/mol. The van der Waals surface area contributed by atoms with Gasteiger partial charge in [0, 0.05) is 10.9 Å². The third-order valence-corrected chi connectivity index (χ3v) is 5.19. The number of rotatable bonds is 3. The van der Waals surface area contributed by atoms with Crippen molar-refractivity contribution in [3.8, 4) is 0 Å². The number of allylic oxidation sites excluding steroid dienone is 1. The van der Waals surface area contributed by atoms with Crippen molar-refractivity contribution in [2.75, 3.05) is 0 Å². The zero-order valence-corrected chi connectivity index (χ0v) is 10.3. The van der Waals surface area contributed by atoms with Gasteiger partial charge >= 0.3 is 0 Å². The predicted molar refractivity (Wildman–Crippen MR) is 67.0 cm³/mol. The molecule has 0 amide bonds. The van der Waals surface area contributed by atoms with Gasteiger partial charge < -0.3 is 5.73 Å². The molecule has 1 aromatic carbocycles. The van der Waals surface area contributed by atoms with Crippen LogP contribution >= 0.6 is 0 Å². The molecule has 1 heterocycles. The van der Waals surface area contributed by atoms with Crippen LogP contribution in [0.2, 0.25) is 0 Å². The predicted octanol–water partition coefficient (Wildman–Crippen LogP) is 2.09. The van der Waals surface area contributed by atoms with Gasteiger partial charge in [-0.2, -0.15) is 0 Å². The maximum Gasteiger partial charge on any atom is 0.200 e. The minimum atomic E-state index is -3.20. The van der Waals surface area contributed by atoms with Crippen LogP contribution in [0.1, 0.15) is 31.2 Å². The minimum Gasteiger partial charge on any atom is -0.325 e. The third kappa shape index (κ3) is 1.91. The van der Waals surface area contributed by atoms with E-state index in [1.54, 1.807) is 12.1 Å². The van der Waals surface area contributed by atoms with Crippen LogP contribution in [0.15, 0.2) is 34.6 Å². The van der Waals surface area contributed by atoms with Crippen LogP contribution in [0.4, 0.5) is 0 Å². The van der Waals surface area contributed by atoms with Gasteiger partial charge in [-0.3, -0.25) is 0 Å². The highest BCUT2D eigenvalue weighted by atomic mass is 32.2. The average molecular weight is 249 g/mol. The zero-order chi connectivity index (χ0) is 12.1. The molecule has 1 aromatic rings. The molecule has 1 saturated carbocycles.